The average Bonchev–Trinajstić information content (AvgIpc) is 2.47. The lowest BCUT2D eigenvalue weighted by Crippen LogP contribution is -2.25. The van der Waals surface area contributed by atoms with E-state index < -0.39 is 9.84 Å². The Bertz CT molecular complexity index is 579. The molecule has 3 N–H and O–H groups in total. The second-order valence-corrected chi connectivity index (χ2v) is 7.26. The van der Waals surface area contributed by atoms with Crippen molar-refractivity contribution in [2.45, 2.75) is 33.6 Å². The maximum Gasteiger partial charge on any atom is 0.193 e. The second-order valence-electron chi connectivity index (χ2n) is 4.79. The maximum absolute atomic E-state index is 11.4. The third kappa shape index (κ3) is 6.51. The standard InChI is InChI=1S/C15H25N3O2S.HI/c1-4-12-8-7-9-13(5-2)14(12)18-15(16)17-10-11-21(19,20)6-3;/h7-9H,4-6,10-11H2,1-3H3,(H3,16,17,18);1H. The fraction of sp³-hybridized carbons (Fsp3) is 0.533. The zero-order valence-corrected chi connectivity index (χ0v) is 16.6. The Morgan fingerprint density at radius 3 is 2.18 bits per heavy atom. The van der Waals surface area contributed by atoms with Gasteiger partial charge < -0.3 is 11.1 Å². The molecular formula is C15H26IN3O2S. The van der Waals surface area contributed by atoms with E-state index in [0.717, 1.165) is 18.5 Å². The maximum atomic E-state index is 11.4. The zero-order chi connectivity index (χ0) is 15.9. The van der Waals surface area contributed by atoms with Crippen LogP contribution in [0.2, 0.25) is 0 Å². The van der Waals surface area contributed by atoms with E-state index in [1.165, 1.54) is 11.1 Å². The minimum atomic E-state index is -3.00. The van der Waals surface area contributed by atoms with Crippen LogP contribution in [-0.2, 0) is 22.7 Å². The molecule has 0 radical (unpaired) electrons. The first-order valence-electron chi connectivity index (χ1n) is 7.31. The first-order valence-corrected chi connectivity index (χ1v) is 9.13. The van der Waals surface area contributed by atoms with Crippen LogP contribution in [-0.4, -0.2) is 32.4 Å². The van der Waals surface area contributed by atoms with Gasteiger partial charge in [-0.3, -0.25) is 4.99 Å². The van der Waals surface area contributed by atoms with Crippen LogP contribution < -0.4 is 11.1 Å². The number of nitrogens with one attached hydrogen (secondary N) is 1. The molecule has 22 heavy (non-hydrogen) atoms. The highest BCUT2D eigenvalue weighted by molar-refractivity contribution is 14.0. The van der Waals surface area contributed by atoms with Crippen molar-refractivity contribution in [1.82, 2.24) is 0 Å². The number of aryl methyl sites for hydroxylation is 2. The Morgan fingerprint density at radius 2 is 1.73 bits per heavy atom. The Morgan fingerprint density at radius 1 is 1.18 bits per heavy atom. The third-order valence-corrected chi connectivity index (χ3v) is 5.06. The topological polar surface area (TPSA) is 84.5 Å². The highest BCUT2D eigenvalue weighted by Crippen LogP contribution is 2.22. The number of benzene rings is 1. The number of hydrogen-bond donors (Lipinski definition) is 2. The number of hydrogen-bond acceptors (Lipinski definition) is 3. The van der Waals surface area contributed by atoms with Gasteiger partial charge in [-0.2, -0.15) is 0 Å². The number of aliphatic imine (C=N–C) groups is 1. The van der Waals surface area contributed by atoms with E-state index in [1.807, 2.05) is 6.07 Å². The molecule has 0 spiro atoms. The van der Waals surface area contributed by atoms with Crippen molar-refractivity contribution < 1.29 is 8.42 Å². The van der Waals surface area contributed by atoms with E-state index in [9.17, 15) is 8.42 Å². The van der Waals surface area contributed by atoms with E-state index in [0.29, 0.717) is 0 Å². The normalized spacial score (nSPS) is 11.9. The van der Waals surface area contributed by atoms with Crippen LogP contribution in [0.25, 0.3) is 0 Å². The molecule has 0 aliphatic heterocycles. The molecule has 0 heterocycles. The summed E-state index contributed by atoms with van der Waals surface area (Å²) in [6.45, 7) is 5.98. The van der Waals surface area contributed by atoms with Gasteiger partial charge in [0.05, 0.1) is 12.3 Å². The van der Waals surface area contributed by atoms with Gasteiger partial charge in [-0.15, -0.1) is 24.0 Å². The Balaban J connectivity index is 0.00000441. The molecule has 1 rings (SSSR count). The fourth-order valence-corrected chi connectivity index (χ4v) is 2.68. The summed E-state index contributed by atoms with van der Waals surface area (Å²) in [6, 6.07) is 6.14. The van der Waals surface area contributed by atoms with E-state index in [4.69, 9.17) is 5.73 Å². The Labute approximate surface area is 150 Å². The summed E-state index contributed by atoms with van der Waals surface area (Å²) in [5.41, 5.74) is 9.21. The van der Waals surface area contributed by atoms with Crippen LogP contribution >= 0.6 is 24.0 Å². The van der Waals surface area contributed by atoms with Gasteiger partial charge in [-0.1, -0.05) is 39.0 Å². The van der Waals surface area contributed by atoms with Crippen molar-refractivity contribution in [2.75, 3.05) is 23.4 Å². The first-order chi connectivity index (χ1) is 9.93. The van der Waals surface area contributed by atoms with E-state index in [2.05, 4.69) is 36.3 Å². The number of sulfone groups is 1. The largest absolute Gasteiger partial charge is 0.370 e. The number of guanidine groups is 1. The molecule has 0 fully saturated rings. The van der Waals surface area contributed by atoms with E-state index >= 15 is 0 Å². The van der Waals surface area contributed by atoms with Gasteiger partial charge in [0, 0.05) is 11.4 Å². The molecule has 0 amide bonds. The van der Waals surface area contributed by atoms with Crippen LogP contribution in [0.1, 0.15) is 31.9 Å². The smallest absolute Gasteiger partial charge is 0.193 e. The van der Waals surface area contributed by atoms with Crippen LogP contribution in [0.3, 0.4) is 0 Å². The molecule has 0 aliphatic rings. The molecule has 126 valence electrons. The number of para-hydroxylation sites is 1. The molecule has 1 aromatic carbocycles. The average molecular weight is 439 g/mol. The van der Waals surface area contributed by atoms with Crippen LogP contribution in [0, 0.1) is 0 Å². The van der Waals surface area contributed by atoms with Gasteiger partial charge in [0.1, 0.15) is 0 Å². The molecule has 0 saturated carbocycles. The highest BCUT2D eigenvalue weighted by Gasteiger charge is 2.08. The number of rotatable bonds is 7. The van der Waals surface area contributed by atoms with Gasteiger partial charge in [0.2, 0.25) is 0 Å². The molecule has 5 nitrogen and oxygen atoms in total. The SMILES string of the molecule is CCc1cccc(CC)c1NC(N)=NCCS(=O)(=O)CC.I. The molecule has 0 aliphatic carbocycles. The minimum absolute atomic E-state index is 0. The van der Waals surface area contributed by atoms with E-state index in [-0.39, 0.29) is 48.0 Å². The summed E-state index contributed by atoms with van der Waals surface area (Å²) in [5.74, 6) is 0.424. The van der Waals surface area contributed by atoms with E-state index in [1.54, 1.807) is 6.92 Å². The summed E-state index contributed by atoms with van der Waals surface area (Å²) in [6.07, 6.45) is 1.79. The molecule has 0 bridgehead atoms. The summed E-state index contributed by atoms with van der Waals surface area (Å²) in [4.78, 5) is 4.11. The van der Waals surface area contributed by atoms with Gasteiger partial charge in [0.25, 0.3) is 0 Å². The fourth-order valence-electron chi connectivity index (χ4n) is 2.02. The number of nitrogens with zero attached hydrogens (tertiary/aromatic N) is 1. The molecular weight excluding hydrogens is 413 g/mol. The predicted octanol–water partition coefficient (Wildman–Crippen LogP) is 2.59. The zero-order valence-electron chi connectivity index (χ0n) is 13.4. The van der Waals surface area contributed by atoms with Crippen molar-refractivity contribution in [3.63, 3.8) is 0 Å². The van der Waals surface area contributed by atoms with Crippen LogP contribution in [0.5, 0.6) is 0 Å². The monoisotopic (exact) mass is 439 g/mol. The lowest BCUT2D eigenvalue weighted by Gasteiger charge is -2.14. The van der Waals surface area contributed by atoms with Gasteiger partial charge in [-0.25, -0.2) is 8.42 Å². The summed E-state index contributed by atoms with van der Waals surface area (Å²) >= 11 is 0. The molecule has 7 heteroatoms. The second kappa shape index (κ2) is 10.0. The predicted molar refractivity (Wildman–Crippen MR) is 105 cm³/mol. The highest BCUT2D eigenvalue weighted by atomic mass is 127. The first kappa shape index (κ1) is 21.2. The van der Waals surface area contributed by atoms with Gasteiger partial charge in [0.15, 0.2) is 15.8 Å². The summed E-state index contributed by atoms with van der Waals surface area (Å²) in [7, 11) is -3.00. The molecule has 0 unspecified atom stereocenters. The Kier molecular flexibility index (Phi) is 9.66. The Hall–Kier alpha value is -0.830. The quantitative estimate of drug-likeness (QED) is 0.389. The van der Waals surface area contributed by atoms with Crippen molar-refractivity contribution in [3.8, 4) is 0 Å². The number of nitrogens with two attached hydrogens (primary N) is 1. The lowest BCUT2D eigenvalue weighted by atomic mass is 10.0. The van der Waals surface area contributed by atoms with Crippen molar-refractivity contribution in [1.29, 1.82) is 0 Å². The third-order valence-electron chi connectivity index (χ3n) is 3.38. The molecule has 1 aromatic rings. The van der Waals surface area contributed by atoms with Crippen molar-refractivity contribution >= 4 is 45.5 Å². The van der Waals surface area contributed by atoms with Crippen LogP contribution in [0.4, 0.5) is 5.69 Å². The van der Waals surface area contributed by atoms with Crippen molar-refractivity contribution in [3.05, 3.63) is 29.3 Å². The van der Waals surface area contributed by atoms with Crippen LogP contribution in [0.15, 0.2) is 23.2 Å². The molecule has 0 atom stereocenters. The molecule has 0 aromatic heterocycles. The molecule has 0 saturated heterocycles. The minimum Gasteiger partial charge on any atom is -0.370 e. The summed E-state index contributed by atoms with van der Waals surface area (Å²) in [5, 5.41) is 3.12. The number of halogens is 1. The van der Waals surface area contributed by atoms with Gasteiger partial charge in [-0.05, 0) is 24.0 Å². The number of anilines is 1. The lowest BCUT2D eigenvalue weighted by molar-refractivity contribution is 0.597. The van der Waals surface area contributed by atoms with Crippen molar-refractivity contribution in [2.24, 2.45) is 10.7 Å². The van der Waals surface area contributed by atoms with Gasteiger partial charge >= 0.3 is 0 Å². The summed E-state index contributed by atoms with van der Waals surface area (Å²) < 4.78 is 22.8.